The molecule has 0 fully saturated rings. The van der Waals surface area contributed by atoms with Gasteiger partial charge in [-0.2, -0.15) is 0 Å². The average molecular weight is 367 g/mol. The van der Waals surface area contributed by atoms with Crippen LogP contribution >= 0.6 is 15.9 Å². The maximum Gasteiger partial charge on any atom is 0.410 e. The van der Waals surface area contributed by atoms with E-state index in [4.69, 9.17) is 4.74 Å². The standard InChI is InChI=1S/C17H23BrN2O2/c1-12-10-14(18)11-19-15(12)13-6-5-8-20(9-7-13)16(21)22-17(2,3)4/h5-6,10-11,13H,7-9H2,1-4H3. The molecule has 1 amide bonds. The molecule has 0 saturated carbocycles. The summed E-state index contributed by atoms with van der Waals surface area (Å²) in [6.45, 7) is 8.98. The van der Waals surface area contributed by atoms with Crippen LogP contribution < -0.4 is 0 Å². The lowest BCUT2D eigenvalue weighted by Gasteiger charge is -2.26. The number of rotatable bonds is 1. The molecule has 120 valence electrons. The highest BCUT2D eigenvalue weighted by Gasteiger charge is 2.24. The van der Waals surface area contributed by atoms with Gasteiger partial charge >= 0.3 is 6.09 Å². The Hall–Kier alpha value is -1.36. The fourth-order valence-electron chi connectivity index (χ4n) is 2.49. The third-order valence-electron chi connectivity index (χ3n) is 3.49. The molecule has 2 heterocycles. The normalized spacial score (nSPS) is 19.0. The number of hydrogen-bond donors (Lipinski definition) is 0. The molecule has 1 atom stereocenters. The number of amides is 1. The minimum atomic E-state index is -0.462. The van der Waals surface area contributed by atoms with Crippen LogP contribution in [0.15, 0.2) is 28.9 Å². The van der Waals surface area contributed by atoms with E-state index in [2.05, 4.69) is 40.0 Å². The van der Waals surface area contributed by atoms with Crippen molar-refractivity contribution < 1.29 is 9.53 Å². The molecule has 5 heteroatoms. The molecule has 0 aromatic carbocycles. The largest absolute Gasteiger partial charge is 0.444 e. The van der Waals surface area contributed by atoms with Crippen LogP contribution in [-0.4, -0.2) is 34.7 Å². The van der Waals surface area contributed by atoms with Crippen molar-refractivity contribution in [3.8, 4) is 0 Å². The van der Waals surface area contributed by atoms with Crippen LogP contribution in [0.4, 0.5) is 4.79 Å². The third kappa shape index (κ3) is 4.57. The highest BCUT2D eigenvalue weighted by molar-refractivity contribution is 9.10. The van der Waals surface area contributed by atoms with Crippen molar-refractivity contribution in [1.29, 1.82) is 0 Å². The number of hydrogen-bond acceptors (Lipinski definition) is 3. The van der Waals surface area contributed by atoms with Crippen molar-refractivity contribution in [2.75, 3.05) is 13.1 Å². The van der Waals surface area contributed by atoms with E-state index in [0.717, 1.165) is 22.2 Å². The number of aromatic nitrogens is 1. The summed E-state index contributed by atoms with van der Waals surface area (Å²) in [7, 11) is 0. The summed E-state index contributed by atoms with van der Waals surface area (Å²) in [4.78, 5) is 18.5. The Morgan fingerprint density at radius 3 is 2.82 bits per heavy atom. The minimum absolute atomic E-state index is 0.237. The molecule has 1 unspecified atom stereocenters. The summed E-state index contributed by atoms with van der Waals surface area (Å²) in [6.07, 6.45) is 6.61. The molecule has 1 aliphatic heterocycles. The summed E-state index contributed by atoms with van der Waals surface area (Å²) < 4.78 is 6.43. The molecule has 0 spiro atoms. The fourth-order valence-corrected chi connectivity index (χ4v) is 2.94. The molecular formula is C17H23BrN2O2. The molecule has 0 bridgehead atoms. The van der Waals surface area contributed by atoms with Gasteiger partial charge in [-0.3, -0.25) is 4.98 Å². The van der Waals surface area contributed by atoms with Crippen molar-refractivity contribution in [1.82, 2.24) is 9.88 Å². The lowest BCUT2D eigenvalue weighted by Crippen LogP contribution is -2.37. The van der Waals surface area contributed by atoms with Crippen LogP contribution in [0.25, 0.3) is 0 Å². The van der Waals surface area contributed by atoms with Crippen molar-refractivity contribution in [3.63, 3.8) is 0 Å². The maximum absolute atomic E-state index is 12.2. The smallest absolute Gasteiger partial charge is 0.410 e. The van der Waals surface area contributed by atoms with Gasteiger partial charge in [-0.1, -0.05) is 12.2 Å². The van der Waals surface area contributed by atoms with Crippen molar-refractivity contribution in [2.45, 2.75) is 45.6 Å². The molecule has 2 rings (SSSR count). The van der Waals surface area contributed by atoms with E-state index in [9.17, 15) is 4.79 Å². The van der Waals surface area contributed by atoms with Crippen LogP contribution in [0.5, 0.6) is 0 Å². The van der Waals surface area contributed by atoms with E-state index in [0.29, 0.717) is 13.1 Å². The Morgan fingerprint density at radius 2 is 2.18 bits per heavy atom. The van der Waals surface area contributed by atoms with Gasteiger partial charge in [0, 0.05) is 29.7 Å². The van der Waals surface area contributed by atoms with Gasteiger partial charge in [0.15, 0.2) is 0 Å². The number of pyridine rings is 1. The molecule has 0 aliphatic carbocycles. The van der Waals surface area contributed by atoms with E-state index in [1.807, 2.05) is 33.0 Å². The summed E-state index contributed by atoms with van der Waals surface area (Å²) in [5.41, 5.74) is 1.77. The lowest BCUT2D eigenvalue weighted by atomic mass is 9.97. The van der Waals surface area contributed by atoms with Gasteiger partial charge in [0.1, 0.15) is 5.60 Å². The lowest BCUT2D eigenvalue weighted by molar-refractivity contribution is 0.0272. The molecule has 1 aromatic rings. The molecule has 0 saturated heterocycles. The first kappa shape index (κ1) is 17.0. The zero-order chi connectivity index (χ0) is 16.3. The van der Waals surface area contributed by atoms with Gasteiger partial charge in [-0.25, -0.2) is 4.79 Å². The Bertz CT molecular complexity index is 579. The van der Waals surface area contributed by atoms with Gasteiger partial charge in [-0.15, -0.1) is 0 Å². The monoisotopic (exact) mass is 366 g/mol. The zero-order valence-electron chi connectivity index (χ0n) is 13.6. The topological polar surface area (TPSA) is 42.4 Å². The predicted molar refractivity (Wildman–Crippen MR) is 91.0 cm³/mol. The highest BCUT2D eigenvalue weighted by Crippen LogP contribution is 2.26. The van der Waals surface area contributed by atoms with Crippen molar-refractivity contribution in [3.05, 3.63) is 40.1 Å². The average Bonchev–Trinajstić information content (AvgIpc) is 2.62. The second kappa shape index (κ2) is 6.82. The van der Waals surface area contributed by atoms with Crippen molar-refractivity contribution in [2.24, 2.45) is 0 Å². The summed E-state index contributed by atoms with van der Waals surface area (Å²) in [5, 5.41) is 0. The van der Waals surface area contributed by atoms with E-state index < -0.39 is 5.60 Å². The van der Waals surface area contributed by atoms with Gasteiger partial charge in [0.05, 0.1) is 5.69 Å². The second-order valence-electron chi connectivity index (χ2n) is 6.61. The van der Waals surface area contributed by atoms with Gasteiger partial charge in [0.25, 0.3) is 0 Å². The van der Waals surface area contributed by atoms with E-state index in [1.165, 1.54) is 0 Å². The first-order valence-electron chi connectivity index (χ1n) is 7.53. The Morgan fingerprint density at radius 1 is 1.45 bits per heavy atom. The molecule has 22 heavy (non-hydrogen) atoms. The first-order valence-corrected chi connectivity index (χ1v) is 8.32. The number of halogens is 1. The number of carbonyl (C=O) groups is 1. The molecule has 4 nitrogen and oxygen atoms in total. The Labute approximate surface area is 140 Å². The number of ether oxygens (including phenoxy) is 1. The van der Waals surface area contributed by atoms with Crippen LogP contribution in [0.1, 0.15) is 44.4 Å². The van der Waals surface area contributed by atoms with E-state index in [1.54, 1.807) is 4.90 Å². The Kier molecular flexibility index (Phi) is 5.27. The second-order valence-corrected chi connectivity index (χ2v) is 7.52. The Balaban J connectivity index is 2.05. The number of nitrogens with zero attached hydrogens (tertiary/aromatic N) is 2. The summed E-state index contributed by atoms with van der Waals surface area (Å²) in [6, 6.07) is 2.08. The van der Waals surface area contributed by atoms with Gasteiger partial charge in [-0.05, 0) is 61.7 Å². The fraction of sp³-hybridized carbons (Fsp3) is 0.529. The van der Waals surface area contributed by atoms with Gasteiger partial charge < -0.3 is 9.64 Å². The van der Waals surface area contributed by atoms with E-state index in [-0.39, 0.29) is 12.0 Å². The highest BCUT2D eigenvalue weighted by atomic mass is 79.9. The van der Waals surface area contributed by atoms with E-state index >= 15 is 0 Å². The van der Waals surface area contributed by atoms with Crippen LogP contribution in [0.2, 0.25) is 0 Å². The number of aryl methyl sites for hydroxylation is 1. The molecule has 1 aliphatic rings. The van der Waals surface area contributed by atoms with Gasteiger partial charge in [0.2, 0.25) is 0 Å². The third-order valence-corrected chi connectivity index (χ3v) is 3.93. The molecular weight excluding hydrogens is 344 g/mol. The zero-order valence-corrected chi connectivity index (χ0v) is 15.2. The SMILES string of the molecule is Cc1cc(Br)cnc1C1C=CCN(C(=O)OC(C)(C)C)CC1. The summed E-state index contributed by atoms with van der Waals surface area (Å²) in [5.74, 6) is 0.237. The predicted octanol–water partition coefficient (Wildman–Crippen LogP) is 4.43. The minimum Gasteiger partial charge on any atom is -0.444 e. The number of carbonyl (C=O) groups excluding carboxylic acids is 1. The van der Waals surface area contributed by atoms with Crippen LogP contribution in [-0.2, 0) is 4.74 Å². The van der Waals surface area contributed by atoms with Crippen molar-refractivity contribution >= 4 is 22.0 Å². The van der Waals surface area contributed by atoms with Crippen LogP contribution in [0, 0.1) is 6.92 Å². The quantitative estimate of drug-likeness (QED) is 0.690. The molecule has 1 aromatic heterocycles. The summed E-state index contributed by atoms with van der Waals surface area (Å²) >= 11 is 3.44. The maximum atomic E-state index is 12.2. The molecule has 0 N–H and O–H groups in total. The number of allylic oxidation sites excluding steroid dienone is 1. The molecule has 0 radical (unpaired) electrons. The first-order chi connectivity index (χ1) is 10.3. The van der Waals surface area contributed by atoms with Crippen LogP contribution in [0.3, 0.4) is 0 Å².